The van der Waals surface area contributed by atoms with E-state index in [4.69, 9.17) is 0 Å². The van der Waals surface area contributed by atoms with Crippen LogP contribution in [-0.2, 0) is 12.8 Å². The lowest BCUT2D eigenvalue weighted by molar-refractivity contribution is 0.0514. The van der Waals surface area contributed by atoms with Crippen molar-refractivity contribution in [2.45, 2.75) is 50.6 Å². The highest BCUT2D eigenvalue weighted by atomic mass is 15.3. The van der Waals surface area contributed by atoms with Gasteiger partial charge in [-0.05, 0) is 69.8 Å². The Bertz CT molecular complexity index is 501. The zero-order valence-electron chi connectivity index (χ0n) is 15.3. The largest absolute Gasteiger partial charge is 0.304 e. The van der Waals surface area contributed by atoms with Crippen molar-refractivity contribution in [3.05, 3.63) is 35.4 Å². The number of likely N-dealkylation sites (N-methyl/N-ethyl adjacent to an activating group) is 1. The number of piperazine rings is 1. The summed E-state index contributed by atoms with van der Waals surface area (Å²) in [6.45, 7) is 7.69. The molecule has 2 saturated heterocycles. The van der Waals surface area contributed by atoms with Gasteiger partial charge in [-0.1, -0.05) is 24.3 Å². The molecular formula is C21H33N3. The molecule has 1 aliphatic carbocycles. The fraction of sp³-hybridized carbons (Fsp3) is 0.714. The molecule has 4 rings (SSSR count). The van der Waals surface area contributed by atoms with Gasteiger partial charge in [0.1, 0.15) is 0 Å². The van der Waals surface area contributed by atoms with Crippen molar-refractivity contribution in [3.8, 4) is 0 Å². The van der Waals surface area contributed by atoms with E-state index in [0.29, 0.717) is 0 Å². The molecular weight excluding hydrogens is 294 g/mol. The molecule has 0 aromatic heterocycles. The van der Waals surface area contributed by atoms with Gasteiger partial charge in [0.2, 0.25) is 0 Å². The fourth-order valence-electron chi connectivity index (χ4n) is 5.00. The van der Waals surface area contributed by atoms with Crippen molar-refractivity contribution in [1.29, 1.82) is 0 Å². The highest BCUT2D eigenvalue weighted by molar-refractivity contribution is 5.28. The SMILES string of the molecule is CN1CCN(C2CCN(C3CCc4ccccc4CC3)CC2)CC1. The molecule has 2 heterocycles. The van der Waals surface area contributed by atoms with E-state index >= 15 is 0 Å². The van der Waals surface area contributed by atoms with E-state index in [-0.39, 0.29) is 0 Å². The molecule has 3 aliphatic rings. The lowest BCUT2D eigenvalue weighted by Gasteiger charge is -2.44. The summed E-state index contributed by atoms with van der Waals surface area (Å²) < 4.78 is 0. The van der Waals surface area contributed by atoms with Crippen LogP contribution in [0.3, 0.4) is 0 Å². The summed E-state index contributed by atoms with van der Waals surface area (Å²) in [6.07, 6.45) is 8.03. The molecule has 0 saturated carbocycles. The summed E-state index contributed by atoms with van der Waals surface area (Å²) in [5, 5.41) is 0. The minimum Gasteiger partial charge on any atom is -0.304 e. The third-order valence-corrected chi connectivity index (χ3v) is 6.68. The van der Waals surface area contributed by atoms with Crippen LogP contribution in [0.15, 0.2) is 24.3 Å². The number of piperidine rings is 1. The Morgan fingerprint density at radius 3 is 1.75 bits per heavy atom. The van der Waals surface area contributed by atoms with Gasteiger partial charge in [-0.15, -0.1) is 0 Å². The lowest BCUT2D eigenvalue weighted by atomic mass is 9.98. The maximum absolute atomic E-state index is 2.82. The van der Waals surface area contributed by atoms with Crippen molar-refractivity contribution in [2.24, 2.45) is 0 Å². The standard InChI is InChI=1S/C21H33N3/c1-22-14-16-24(17-15-22)21-10-12-23(13-11-21)20-8-6-18-4-2-3-5-19(18)7-9-20/h2-5,20-21H,6-17H2,1H3. The average molecular weight is 328 g/mol. The van der Waals surface area contributed by atoms with E-state index in [1.165, 1.54) is 77.8 Å². The zero-order chi connectivity index (χ0) is 16.4. The second kappa shape index (κ2) is 7.55. The summed E-state index contributed by atoms with van der Waals surface area (Å²) >= 11 is 0. The molecule has 132 valence electrons. The molecule has 0 unspecified atom stereocenters. The van der Waals surface area contributed by atoms with Gasteiger partial charge in [-0.2, -0.15) is 0 Å². The average Bonchev–Trinajstić information content (AvgIpc) is 2.85. The molecule has 24 heavy (non-hydrogen) atoms. The van der Waals surface area contributed by atoms with Crippen molar-refractivity contribution in [3.63, 3.8) is 0 Å². The monoisotopic (exact) mass is 327 g/mol. The van der Waals surface area contributed by atoms with Crippen LogP contribution in [0.25, 0.3) is 0 Å². The molecule has 0 N–H and O–H groups in total. The van der Waals surface area contributed by atoms with Crippen LogP contribution < -0.4 is 0 Å². The minimum atomic E-state index is 0.811. The molecule has 0 atom stereocenters. The predicted molar refractivity (Wildman–Crippen MR) is 101 cm³/mol. The molecule has 1 aromatic carbocycles. The van der Waals surface area contributed by atoms with Gasteiger partial charge in [0.15, 0.2) is 0 Å². The summed E-state index contributed by atoms with van der Waals surface area (Å²) in [7, 11) is 2.25. The summed E-state index contributed by atoms with van der Waals surface area (Å²) in [5.41, 5.74) is 3.21. The third kappa shape index (κ3) is 3.68. The van der Waals surface area contributed by atoms with E-state index < -0.39 is 0 Å². The van der Waals surface area contributed by atoms with Crippen LogP contribution in [0.5, 0.6) is 0 Å². The molecule has 0 bridgehead atoms. The van der Waals surface area contributed by atoms with Gasteiger partial charge in [0.05, 0.1) is 0 Å². The number of hydrogen-bond donors (Lipinski definition) is 0. The first-order chi connectivity index (χ1) is 11.8. The first-order valence-electron chi connectivity index (χ1n) is 10.0. The number of likely N-dealkylation sites (tertiary alicyclic amines) is 1. The Kier molecular flexibility index (Phi) is 5.21. The van der Waals surface area contributed by atoms with Gasteiger partial charge in [-0.25, -0.2) is 0 Å². The molecule has 3 nitrogen and oxygen atoms in total. The number of nitrogens with zero attached hydrogens (tertiary/aromatic N) is 3. The second-order valence-corrected chi connectivity index (χ2v) is 8.11. The van der Waals surface area contributed by atoms with E-state index in [1.807, 2.05) is 0 Å². The Morgan fingerprint density at radius 2 is 1.17 bits per heavy atom. The van der Waals surface area contributed by atoms with Crippen LogP contribution in [0.1, 0.15) is 36.8 Å². The number of rotatable bonds is 2. The normalized spacial score (nSPS) is 26.2. The van der Waals surface area contributed by atoms with Crippen LogP contribution in [-0.4, -0.2) is 73.1 Å². The molecule has 1 aromatic rings. The second-order valence-electron chi connectivity index (χ2n) is 8.11. The Hall–Kier alpha value is -0.900. The quantitative estimate of drug-likeness (QED) is 0.773. The van der Waals surface area contributed by atoms with E-state index in [1.54, 1.807) is 11.1 Å². The van der Waals surface area contributed by atoms with E-state index in [0.717, 1.165) is 12.1 Å². The Labute approximate surface area is 147 Å². The van der Waals surface area contributed by atoms with E-state index in [9.17, 15) is 0 Å². The van der Waals surface area contributed by atoms with Gasteiger partial charge < -0.3 is 9.80 Å². The molecule has 3 heteroatoms. The molecule has 0 radical (unpaired) electrons. The molecule has 0 spiro atoms. The third-order valence-electron chi connectivity index (χ3n) is 6.68. The van der Waals surface area contributed by atoms with Gasteiger partial charge >= 0.3 is 0 Å². The minimum absolute atomic E-state index is 0.811. The molecule has 2 aliphatic heterocycles. The smallest absolute Gasteiger partial charge is 0.0121 e. The fourth-order valence-corrected chi connectivity index (χ4v) is 5.00. The highest BCUT2D eigenvalue weighted by Crippen LogP contribution is 2.27. The molecule has 2 fully saturated rings. The first-order valence-corrected chi connectivity index (χ1v) is 10.0. The Morgan fingerprint density at radius 1 is 0.667 bits per heavy atom. The van der Waals surface area contributed by atoms with Crippen LogP contribution in [0, 0.1) is 0 Å². The summed E-state index contributed by atoms with van der Waals surface area (Å²) in [5.74, 6) is 0. The van der Waals surface area contributed by atoms with Crippen molar-refractivity contribution in [1.82, 2.24) is 14.7 Å². The summed E-state index contributed by atoms with van der Waals surface area (Å²) in [6, 6.07) is 10.8. The number of aryl methyl sites for hydroxylation is 2. The van der Waals surface area contributed by atoms with Gasteiger partial charge in [0, 0.05) is 38.3 Å². The first kappa shape index (κ1) is 16.6. The topological polar surface area (TPSA) is 9.72 Å². The van der Waals surface area contributed by atoms with Crippen LogP contribution in [0.4, 0.5) is 0 Å². The van der Waals surface area contributed by atoms with Gasteiger partial charge in [0.25, 0.3) is 0 Å². The maximum atomic E-state index is 2.82. The Balaban J connectivity index is 1.29. The van der Waals surface area contributed by atoms with Gasteiger partial charge in [-0.3, -0.25) is 4.90 Å². The van der Waals surface area contributed by atoms with Crippen LogP contribution in [0.2, 0.25) is 0 Å². The van der Waals surface area contributed by atoms with Crippen molar-refractivity contribution in [2.75, 3.05) is 46.3 Å². The highest BCUT2D eigenvalue weighted by Gasteiger charge is 2.30. The molecule has 0 amide bonds. The number of hydrogen-bond acceptors (Lipinski definition) is 3. The van der Waals surface area contributed by atoms with E-state index in [2.05, 4.69) is 46.0 Å². The number of fused-ring (bicyclic) bond motifs is 1. The van der Waals surface area contributed by atoms with Crippen molar-refractivity contribution < 1.29 is 0 Å². The maximum Gasteiger partial charge on any atom is 0.0121 e. The predicted octanol–water partition coefficient (Wildman–Crippen LogP) is 2.65. The zero-order valence-corrected chi connectivity index (χ0v) is 15.3. The van der Waals surface area contributed by atoms with Crippen LogP contribution >= 0.6 is 0 Å². The lowest BCUT2D eigenvalue weighted by Crippen LogP contribution is -2.53. The summed E-state index contributed by atoms with van der Waals surface area (Å²) in [4.78, 5) is 8.05. The number of benzene rings is 1. The van der Waals surface area contributed by atoms with Crippen molar-refractivity contribution >= 4 is 0 Å².